The number of hydrogen-bond acceptors (Lipinski definition) is 5. The number of hydrogen-bond donors (Lipinski definition) is 0. The fraction of sp³-hybridized carbons (Fsp3) is 0.763. The van der Waals surface area contributed by atoms with E-state index in [-0.39, 0.29) is 25.2 Å². The Morgan fingerprint density at radius 1 is 0.344 bits per heavy atom. The maximum absolute atomic E-state index is 12.8. The van der Waals surface area contributed by atoms with Gasteiger partial charge in [-0.05, 0) is 89.9 Å². The minimum Gasteiger partial charge on any atom is -0.462 e. The molecular weight excluding hydrogens is 789 g/mol. The van der Waals surface area contributed by atoms with Crippen molar-refractivity contribution in [3.63, 3.8) is 0 Å². The van der Waals surface area contributed by atoms with E-state index in [2.05, 4.69) is 93.7 Å². The second kappa shape index (κ2) is 54.7. The molecule has 370 valence electrons. The van der Waals surface area contributed by atoms with Crippen LogP contribution in [0, 0.1) is 0 Å². The summed E-state index contributed by atoms with van der Waals surface area (Å²) in [7, 11) is 0. The Morgan fingerprint density at radius 3 is 1.12 bits per heavy atom. The summed E-state index contributed by atoms with van der Waals surface area (Å²) in [5, 5.41) is 0. The van der Waals surface area contributed by atoms with Crippen LogP contribution in [-0.2, 0) is 23.8 Å². The lowest BCUT2D eigenvalue weighted by Crippen LogP contribution is -2.30. The normalized spacial score (nSPS) is 12.7. The summed E-state index contributed by atoms with van der Waals surface area (Å²) < 4.78 is 17.4. The van der Waals surface area contributed by atoms with Crippen LogP contribution in [0.1, 0.15) is 265 Å². The highest BCUT2D eigenvalue weighted by Gasteiger charge is 2.17. The average Bonchev–Trinajstić information content (AvgIpc) is 3.30. The van der Waals surface area contributed by atoms with Gasteiger partial charge in [-0.25, -0.2) is 0 Å². The second-order valence-corrected chi connectivity index (χ2v) is 18.1. The number of carbonyl (C=O) groups excluding carboxylic acids is 2. The van der Waals surface area contributed by atoms with Crippen molar-refractivity contribution in [1.29, 1.82) is 0 Å². The molecule has 0 aliphatic carbocycles. The van der Waals surface area contributed by atoms with Crippen LogP contribution in [0.25, 0.3) is 0 Å². The Morgan fingerprint density at radius 2 is 0.672 bits per heavy atom. The third-order valence-electron chi connectivity index (χ3n) is 11.7. The van der Waals surface area contributed by atoms with E-state index in [0.717, 1.165) is 70.6 Å². The predicted molar refractivity (Wildman–Crippen MR) is 279 cm³/mol. The van der Waals surface area contributed by atoms with Crippen molar-refractivity contribution in [2.75, 3.05) is 19.8 Å². The Kier molecular flexibility index (Phi) is 52.4. The molecule has 0 aromatic carbocycles. The zero-order chi connectivity index (χ0) is 46.3. The first-order valence-electron chi connectivity index (χ1n) is 27.5. The van der Waals surface area contributed by atoms with Crippen LogP contribution in [0.4, 0.5) is 0 Å². The van der Waals surface area contributed by atoms with E-state index >= 15 is 0 Å². The van der Waals surface area contributed by atoms with Gasteiger partial charge in [-0.15, -0.1) is 0 Å². The quantitative estimate of drug-likeness (QED) is 0.0346. The number of ether oxygens (including phenoxy) is 3. The van der Waals surface area contributed by atoms with Crippen molar-refractivity contribution < 1.29 is 23.8 Å². The molecule has 0 saturated heterocycles. The molecule has 0 aromatic rings. The van der Waals surface area contributed by atoms with E-state index in [1.807, 2.05) is 0 Å². The summed E-state index contributed by atoms with van der Waals surface area (Å²) in [5.41, 5.74) is 0. The molecule has 0 radical (unpaired) electrons. The molecule has 1 atom stereocenters. The molecule has 0 fully saturated rings. The largest absolute Gasteiger partial charge is 0.462 e. The van der Waals surface area contributed by atoms with Gasteiger partial charge in [0.1, 0.15) is 6.61 Å². The van der Waals surface area contributed by atoms with E-state index < -0.39 is 6.10 Å². The van der Waals surface area contributed by atoms with E-state index in [9.17, 15) is 9.59 Å². The van der Waals surface area contributed by atoms with E-state index in [0.29, 0.717) is 19.4 Å². The topological polar surface area (TPSA) is 61.8 Å². The summed E-state index contributed by atoms with van der Waals surface area (Å²) in [5.74, 6) is -0.495. The van der Waals surface area contributed by atoms with E-state index in [1.165, 1.54) is 161 Å². The SMILES string of the molecule is CCCCC/C=C\C/C=C\C/C=C\CCCCC(=O)O[C@H](COCCCCCCCCCCCCCCCCCC)COC(=O)CCC/C=C\C/C=C\C/C=C\CCCCCCCC. The van der Waals surface area contributed by atoms with Crippen molar-refractivity contribution in [3.05, 3.63) is 72.9 Å². The first-order chi connectivity index (χ1) is 31.6. The van der Waals surface area contributed by atoms with Gasteiger partial charge in [-0.1, -0.05) is 235 Å². The molecule has 0 aromatic heterocycles. The van der Waals surface area contributed by atoms with Gasteiger partial charge in [0, 0.05) is 19.4 Å². The van der Waals surface area contributed by atoms with Gasteiger partial charge in [-0.3, -0.25) is 9.59 Å². The van der Waals surface area contributed by atoms with Crippen molar-refractivity contribution in [2.24, 2.45) is 0 Å². The fourth-order valence-corrected chi connectivity index (χ4v) is 7.59. The molecule has 0 saturated carbocycles. The Balaban J connectivity index is 4.39. The molecule has 0 aliphatic rings. The van der Waals surface area contributed by atoms with Gasteiger partial charge in [-0.2, -0.15) is 0 Å². The highest BCUT2D eigenvalue weighted by Crippen LogP contribution is 2.15. The molecule has 0 N–H and O–H groups in total. The molecule has 5 heteroatoms. The van der Waals surface area contributed by atoms with Crippen LogP contribution in [-0.4, -0.2) is 37.9 Å². The summed E-state index contributed by atoms with van der Waals surface area (Å²) in [6.45, 7) is 7.73. The lowest BCUT2D eigenvalue weighted by molar-refractivity contribution is -0.162. The van der Waals surface area contributed by atoms with Gasteiger partial charge in [0.25, 0.3) is 0 Å². The highest BCUT2D eigenvalue weighted by molar-refractivity contribution is 5.70. The molecule has 5 nitrogen and oxygen atoms in total. The fourth-order valence-electron chi connectivity index (χ4n) is 7.59. The number of carbonyl (C=O) groups is 2. The molecule has 0 aliphatic heterocycles. The maximum atomic E-state index is 12.8. The smallest absolute Gasteiger partial charge is 0.306 e. The van der Waals surface area contributed by atoms with Gasteiger partial charge in [0.2, 0.25) is 0 Å². The first-order valence-corrected chi connectivity index (χ1v) is 27.5. The monoisotopic (exact) mass is 893 g/mol. The molecule has 0 heterocycles. The average molecular weight is 893 g/mol. The predicted octanol–water partition coefficient (Wildman–Crippen LogP) is 18.7. The first kappa shape index (κ1) is 61.3. The third-order valence-corrected chi connectivity index (χ3v) is 11.7. The Hall–Kier alpha value is -2.66. The summed E-state index contributed by atoms with van der Waals surface area (Å²) in [6, 6.07) is 0. The van der Waals surface area contributed by atoms with Crippen molar-refractivity contribution in [1.82, 2.24) is 0 Å². The van der Waals surface area contributed by atoms with Gasteiger partial charge in [0.05, 0.1) is 6.61 Å². The summed E-state index contributed by atoms with van der Waals surface area (Å²) in [6.07, 6.45) is 70.7. The zero-order valence-corrected chi connectivity index (χ0v) is 42.5. The van der Waals surface area contributed by atoms with Crippen LogP contribution in [0.15, 0.2) is 72.9 Å². The standard InChI is InChI=1S/C59H104O5/c1-4-7-10-13-16-19-22-25-28-30-32-34-37-40-43-46-49-52-58(60)63-56-57(55-62-54-51-48-45-42-39-36-33-29-26-23-20-17-14-11-8-5-2)64-59(61)53-50-47-44-41-38-35-31-27-24-21-18-15-12-9-6-3/h18,21,25,27-28,31-32,34,38,40-41,43,57H,4-17,19-20,22-24,26,29-30,33,35-37,39,42,44-56H2,1-3H3/b21-18-,28-25-,31-27-,34-32-,41-38-,43-40-/t57-/m1/s1. The highest BCUT2D eigenvalue weighted by atomic mass is 16.6. The maximum Gasteiger partial charge on any atom is 0.306 e. The lowest BCUT2D eigenvalue weighted by atomic mass is 10.0. The lowest BCUT2D eigenvalue weighted by Gasteiger charge is -2.18. The zero-order valence-electron chi connectivity index (χ0n) is 42.5. The molecule has 0 amide bonds. The Labute approximate surface area is 397 Å². The van der Waals surface area contributed by atoms with Crippen molar-refractivity contribution >= 4 is 11.9 Å². The molecule has 0 bridgehead atoms. The minimum atomic E-state index is -0.576. The minimum absolute atomic E-state index is 0.0441. The molecule has 0 unspecified atom stereocenters. The van der Waals surface area contributed by atoms with Gasteiger partial charge < -0.3 is 14.2 Å². The molecular formula is C59H104O5. The third kappa shape index (κ3) is 52.0. The summed E-state index contributed by atoms with van der Waals surface area (Å²) >= 11 is 0. The number of rotatable bonds is 50. The van der Waals surface area contributed by atoms with Gasteiger partial charge >= 0.3 is 11.9 Å². The molecule has 0 spiro atoms. The van der Waals surface area contributed by atoms with E-state index in [4.69, 9.17) is 14.2 Å². The van der Waals surface area contributed by atoms with Crippen LogP contribution in [0.3, 0.4) is 0 Å². The number of allylic oxidation sites excluding steroid dienone is 12. The van der Waals surface area contributed by atoms with Crippen LogP contribution in [0.5, 0.6) is 0 Å². The van der Waals surface area contributed by atoms with Crippen LogP contribution in [0.2, 0.25) is 0 Å². The Bertz CT molecular complexity index is 1150. The van der Waals surface area contributed by atoms with Gasteiger partial charge in [0.15, 0.2) is 6.10 Å². The summed E-state index contributed by atoms with van der Waals surface area (Å²) in [4.78, 5) is 25.4. The molecule has 0 rings (SSSR count). The second-order valence-electron chi connectivity index (χ2n) is 18.1. The van der Waals surface area contributed by atoms with Crippen molar-refractivity contribution in [2.45, 2.75) is 271 Å². The number of unbranched alkanes of at least 4 members (excludes halogenated alkanes) is 27. The van der Waals surface area contributed by atoms with Crippen LogP contribution >= 0.6 is 0 Å². The van der Waals surface area contributed by atoms with Crippen molar-refractivity contribution in [3.8, 4) is 0 Å². The molecule has 64 heavy (non-hydrogen) atoms. The van der Waals surface area contributed by atoms with E-state index in [1.54, 1.807) is 0 Å². The number of esters is 2. The van der Waals surface area contributed by atoms with Crippen LogP contribution < -0.4 is 0 Å².